The molecular formula is C28H31ClN4O5S. The molecule has 39 heavy (non-hydrogen) atoms. The van der Waals surface area contributed by atoms with Crippen molar-refractivity contribution in [3.05, 3.63) is 69.7 Å². The van der Waals surface area contributed by atoms with Crippen molar-refractivity contribution >= 4 is 45.8 Å². The molecule has 0 bridgehead atoms. The number of hydrogen-bond donors (Lipinski definition) is 1. The minimum atomic E-state index is -0.330. The number of nitrogens with one attached hydrogen (secondary N) is 1. The van der Waals surface area contributed by atoms with Gasteiger partial charge in [0, 0.05) is 35.6 Å². The molecule has 3 aromatic rings. The van der Waals surface area contributed by atoms with Crippen molar-refractivity contribution in [3.8, 4) is 11.5 Å². The maximum absolute atomic E-state index is 13.0. The third-order valence-corrected chi connectivity index (χ3v) is 7.45. The molecule has 1 aliphatic rings. The van der Waals surface area contributed by atoms with Crippen LogP contribution in [0.2, 0.25) is 5.02 Å². The first kappa shape index (κ1) is 28.4. The highest BCUT2D eigenvalue weighted by Gasteiger charge is 2.34. The maximum atomic E-state index is 13.0. The first-order chi connectivity index (χ1) is 18.8. The lowest BCUT2D eigenvalue weighted by atomic mass is 10.1. The van der Waals surface area contributed by atoms with Crippen LogP contribution in [0.4, 0.5) is 5.13 Å². The van der Waals surface area contributed by atoms with Crippen molar-refractivity contribution in [1.82, 2.24) is 14.8 Å². The Balaban J connectivity index is 1.27. The smallest absolute Gasteiger partial charge is 0.254 e. The fraction of sp³-hybridized carbons (Fsp3) is 0.357. The lowest BCUT2D eigenvalue weighted by molar-refractivity contribution is -0.129. The van der Waals surface area contributed by atoms with Gasteiger partial charge in [0.1, 0.15) is 6.54 Å². The molecule has 0 saturated heterocycles. The number of hydrogen-bond acceptors (Lipinski definition) is 7. The minimum Gasteiger partial charge on any atom is -0.493 e. The molecule has 1 fully saturated rings. The summed E-state index contributed by atoms with van der Waals surface area (Å²) in [7, 11) is 4.93. The number of rotatable bonds is 12. The molecule has 1 aromatic heterocycles. The highest BCUT2D eigenvalue weighted by molar-refractivity contribution is 7.13. The molecular weight excluding hydrogens is 540 g/mol. The number of ether oxygens (including phenoxy) is 2. The molecule has 1 N–H and O–H groups in total. The number of nitrogens with zero attached hydrogens (tertiary/aromatic N) is 3. The van der Waals surface area contributed by atoms with E-state index >= 15 is 0 Å². The number of carbonyl (C=O) groups is 3. The summed E-state index contributed by atoms with van der Waals surface area (Å²) in [5, 5.41) is 5.46. The van der Waals surface area contributed by atoms with Gasteiger partial charge < -0.3 is 24.6 Å². The molecule has 4 rings (SSSR count). The van der Waals surface area contributed by atoms with Gasteiger partial charge in [0.15, 0.2) is 16.6 Å². The van der Waals surface area contributed by atoms with Crippen molar-refractivity contribution < 1.29 is 23.9 Å². The van der Waals surface area contributed by atoms with E-state index in [1.165, 1.54) is 11.3 Å². The standard InChI is InChI=1S/C28H31ClN4O5S/c1-32(13-12-18-4-11-23(37-2)24(14-18)38-3)26(35)15-21-17-39-28(30-21)31-25(34)16-33(22-9-10-22)27(36)19-5-7-20(29)8-6-19/h4-8,11,14,17,22H,9-10,12-13,15-16H2,1-3H3,(H,30,31,34). The summed E-state index contributed by atoms with van der Waals surface area (Å²) in [5.41, 5.74) is 2.10. The Labute approximate surface area is 236 Å². The predicted molar refractivity (Wildman–Crippen MR) is 151 cm³/mol. The second-order valence-electron chi connectivity index (χ2n) is 9.29. The van der Waals surface area contributed by atoms with E-state index < -0.39 is 0 Å². The number of amides is 3. The molecule has 1 saturated carbocycles. The van der Waals surface area contributed by atoms with Crippen LogP contribution >= 0.6 is 22.9 Å². The summed E-state index contributed by atoms with van der Waals surface area (Å²) in [4.78, 5) is 46.1. The predicted octanol–water partition coefficient (Wildman–Crippen LogP) is 4.30. The number of methoxy groups -OCH3 is 2. The van der Waals surface area contributed by atoms with Crippen molar-refractivity contribution in [3.63, 3.8) is 0 Å². The SMILES string of the molecule is COc1ccc(CCN(C)C(=O)Cc2csc(NC(=O)CN(C(=O)c3ccc(Cl)cc3)C3CC3)n2)cc1OC. The number of likely N-dealkylation sites (N-methyl/N-ethyl adjacent to an activating group) is 1. The fourth-order valence-corrected chi connectivity index (χ4v) is 4.87. The lowest BCUT2D eigenvalue weighted by Gasteiger charge is -2.21. The summed E-state index contributed by atoms with van der Waals surface area (Å²) in [6.07, 6.45) is 2.52. The summed E-state index contributed by atoms with van der Waals surface area (Å²) < 4.78 is 10.6. The second-order valence-corrected chi connectivity index (χ2v) is 10.6. The molecule has 2 aromatic carbocycles. The molecule has 9 nitrogen and oxygen atoms in total. The third-order valence-electron chi connectivity index (χ3n) is 6.39. The lowest BCUT2D eigenvalue weighted by Crippen LogP contribution is -2.39. The quantitative estimate of drug-likeness (QED) is 0.348. The molecule has 0 radical (unpaired) electrons. The molecule has 11 heteroatoms. The summed E-state index contributed by atoms with van der Waals surface area (Å²) in [6.45, 7) is 0.458. The highest BCUT2D eigenvalue weighted by Crippen LogP contribution is 2.29. The summed E-state index contributed by atoms with van der Waals surface area (Å²) >= 11 is 7.18. The van der Waals surface area contributed by atoms with E-state index in [4.69, 9.17) is 21.1 Å². The van der Waals surface area contributed by atoms with Gasteiger partial charge in [-0.1, -0.05) is 17.7 Å². The van der Waals surface area contributed by atoms with Crippen LogP contribution < -0.4 is 14.8 Å². The largest absolute Gasteiger partial charge is 0.493 e. The van der Waals surface area contributed by atoms with Crippen LogP contribution in [0.25, 0.3) is 0 Å². The van der Waals surface area contributed by atoms with Gasteiger partial charge >= 0.3 is 0 Å². The minimum absolute atomic E-state index is 0.0537. The van der Waals surface area contributed by atoms with E-state index in [1.807, 2.05) is 18.2 Å². The Bertz CT molecular complexity index is 1330. The van der Waals surface area contributed by atoms with Gasteiger partial charge in [0.2, 0.25) is 11.8 Å². The third kappa shape index (κ3) is 7.70. The monoisotopic (exact) mass is 570 g/mol. The molecule has 206 valence electrons. The molecule has 0 atom stereocenters. The Morgan fingerprint density at radius 3 is 2.46 bits per heavy atom. The zero-order chi connectivity index (χ0) is 27.9. The van der Waals surface area contributed by atoms with E-state index in [2.05, 4.69) is 10.3 Å². The van der Waals surface area contributed by atoms with Gasteiger partial charge in [-0.3, -0.25) is 14.4 Å². The van der Waals surface area contributed by atoms with E-state index in [0.717, 1.165) is 18.4 Å². The Morgan fingerprint density at radius 1 is 1.08 bits per heavy atom. The van der Waals surface area contributed by atoms with Crippen LogP contribution in [0, 0.1) is 0 Å². The molecule has 3 amide bonds. The number of benzene rings is 2. The van der Waals surface area contributed by atoms with E-state index in [-0.39, 0.29) is 36.7 Å². The fourth-order valence-electron chi connectivity index (χ4n) is 4.02. The molecule has 1 heterocycles. The van der Waals surface area contributed by atoms with Gasteiger partial charge in [-0.2, -0.15) is 0 Å². The first-order valence-electron chi connectivity index (χ1n) is 12.5. The van der Waals surface area contributed by atoms with Crippen molar-refractivity contribution in [1.29, 1.82) is 0 Å². The highest BCUT2D eigenvalue weighted by atomic mass is 35.5. The van der Waals surface area contributed by atoms with E-state index in [0.29, 0.717) is 45.9 Å². The number of thiazole rings is 1. The molecule has 0 spiro atoms. The van der Waals surface area contributed by atoms with Gasteiger partial charge in [0.05, 0.1) is 26.3 Å². The Kier molecular flexibility index (Phi) is 9.42. The second kappa shape index (κ2) is 12.9. The van der Waals surface area contributed by atoms with Crippen molar-refractivity contribution in [2.24, 2.45) is 0 Å². The van der Waals surface area contributed by atoms with Gasteiger partial charge in [-0.15, -0.1) is 11.3 Å². The topological polar surface area (TPSA) is 101 Å². The Morgan fingerprint density at radius 2 is 1.79 bits per heavy atom. The van der Waals surface area contributed by atoms with E-state index in [1.54, 1.807) is 60.7 Å². The number of carbonyl (C=O) groups excluding carboxylic acids is 3. The molecule has 0 aliphatic heterocycles. The number of halogens is 1. The average Bonchev–Trinajstić information content (AvgIpc) is 3.69. The summed E-state index contributed by atoms with van der Waals surface area (Å²) in [6, 6.07) is 12.4. The zero-order valence-corrected chi connectivity index (χ0v) is 23.7. The van der Waals surface area contributed by atoms with Gasteiger partial charge in [0.25, 0.3) is 5.91 Å². The Hall–Kier alpha value is -3.63. The number of aromatic nitrogens is 1. The maximum Gasteiger partial charge on any atom is 0.254 e. The zero-order valence-electron chi connectivity index (χ0n) is 22.1. The van der Waals surface area contributed by atoms with Crippen LogP contribution in [0.5, 0.6) is 11.5 Å². The first-order valence-corrected chi connectivity index (χ1v) is 13.8. The van der Waals surface area contributed by atoms with Gasteiger partial charge in [-0.25, -0.2) is 4.98 Å². The van der Waals surface area contributed by atoms with E-state index in [9.17, 15) is 14.4 Å². The van der Waals surface area contributed by atoms with Crippen LogP contribution in [0.1, 0.15) is 34.5 Å². The van der Waals surface area contributed by atoms with Gasteiger partial charge in [-0.05, 0) is 61.2 Å². The summed E-state index contributed by atoms with van der Waals surface area (Å²) in [5.74, 6) is 0.697. The molecule has 1 aliphatic carbocycles. The van der Waals surface area contributed by atoms with Crippen LogP contribution in [0.3, 0.4) is 0 Å². The van der Waals surface area contributed by atoms with Crippen LogP contribution in [-0.2, 0) is 22.4 Å². The average molecular weight is 571 g/mol. The number of anilines is 1. The van der Waals surface area contributed by atoms with Crippen LogP contribution in [0.15, 0.2) is 47.8 Å². The van der Waals surface area contributed by atoms with Crippen LogP contribution in [-0.4, -0.2) is 72.9 Å². The van der Waals surface area contributed by atoms with Crippen molar-refractivity contribution in [2.45, 2.75) is 31.7 Å². The normalized spacial score (nSPS) is 12.5. The van der Waals surface area contributed by atoms with Crippen molar-refractivity contribution in [2.75, 3.05) is 39.7 Å². The molecule has 0 unspecified atom stereocenters.